The molecule has 2 heterocycles. The van der Waals surface area contributed by atoms with Crippen LogP contribution >= 0.6 is 11.8 Å². The molecule has 30 heavy (non-hydrogen) atoms. The third-order valence-corrected chi connectivity index (χ3v) is 6.02. The Labute approximate surface area is 179 Å². The molecule has 6 nitrogen and oxygen atoms in total. The Morgan fingerprint density at radius 3 is 2.67 bits per heavy atom. The van der Waals surface area contributed by atoms with Gasteiger partial charge in [0.15, 0.2) is 10.8 Å². The summed E-state index contributed by atoms with van der Waals surface area (Å²) in [7, 11) is 0. The maximum atomic E-state index is 13.3. The lowest BCUT2D eigenvalue weighted by molar-refractivity contribution is -0.117. The number of aromatic nitrogens is 3. The number of pyridine rings is 1. The van der Waals surface area contributed by atoms with Crippen molar-refractivity contribution in [1.82, 2.24) is 14.6 Å². The highest BCUT2D eigenvalue weighted by Gasteiger charge is 2.25. The van der Waals surface area contributed by atoms with Gasteiger partial charge in [-0.2, -0.15) is 5.26 Å². The number of amides is 1. The van der Waals surface area contributed by atoms with Crippen molar-refractivity contribution in [3.63, 3.8) is 0 Å². The first-order valence-electron chi connectivity index (χ1n) is 9.73. The van der Waals surface area contributed by atoms with Gasteiger partial charge in [0.25, 0.3) is 0 Å². The number of carbonyl (C=O) groups excluding carboxylic acids is 1. The number of nitrogens with zero attached hydrogens (tertiary/aromatic N) is 5. The third kappa shape index (κ3) is 3.74. The predicted molar refractivity (Wildman–Crippen MR) is 120 cm³/mol. The number of thioether (sulfide) groups is 1. The van der Waals surface area contributed by atoms with Gasteiger partial charge >= 0.3 is 0 Å². The fourth-order valence-corrected chi connectivity index (χ4v) is 4.44. The van der Waals surface area contributed by atoms with Crippen LogP contribution in [0.4, 0.5) is 5.69 Å². The number of benzene rings is 2. The molecule has 0 saturated carbocycles. The zero-order valence-corrected chi connectivity index (χ0v) is 17.6. The van der Waals surface area contributed by atoms with E-state index in [4.69, 9.17) is 5.26 Å². The van der Waals surface area contributed by atoms with Crippen molar-refractivity contribution in [3.8, 4) is 6.07 Å². The van der Waals surface area contributed by atoms with E-state index in [-0.39, 0.29) is 12.3 Å². The van der Waals surface area contributed by atoms with Gasteiger partial charge in [-0.3, -0.25) is 9.20 Å². The number of anilines is 1. The number of fused-ring (bicyclic) bond motifs is 3. The second-order valence-electron chi connectivity index (χ2n) is 7.01. The summed E-state index contributed by atoms with van der Waals surface area (Å²) in [5.74, 6) is -0.0605. The van der Waals surface area contributed by atoms with Crippen molar-refractivity contribution in [2.75, 3.05) is 11.4 Å². The van der Waals surface area contributed by atoms with E-state index >= 15 is 0 Å². The molecule has 0 aliphatic heterocycles. The van der Waals surface area contributed by atoms with E-state index in [2.05, 4.69) is 29.3 Å². The number of hydrogen-bond acceptors (Lipinski definition) is 5. The normalized spacial score (nSPS) is 12.0. The monoisotopic (exact) mass is 415 g/mol. The van der Waals surface area contributed by atoms with Gasteiger partial charge in [0.2, 0.25) is 5.91 Å². The quantitative estimate of drug-likeness (QED) is 0.430. The van der Waals surface area contributed by atoms with E-state index in [1.54, 1.807) is 4.90 Å². The molecule has 0 spiro atoms. The fraction of sp³-hybridized carbons (Fsp3) is 0.217. The van der Waals surface area contributed by atoms with Crippen LogP contribution in [0.3, 0.4) is 0 Å². The van der Waals surface area contributed by atoms with Crippen LogP contribution in [0.25, 0.3) is 16.6 Å². The Morgan fingerprint density at radius 1 is 1.17 bits per heavy atom. The number of nitriles is 1. The lowest BCUT2D eigenvalue weighted by Crippen LogP contribution is -2.37. The van der Waals surface area contributed by atoms with Crippen LogP contribution in [0.15, 0.2) is 65.8 Å². The second-order valence-corrected chi connectivity index (χ2v) is 8.32. The molecule has 0 saturated heterocycles. The molecule has 2 aromatic carbocycles. The molecule has 4 aromatic rings. The van der Waals surface area contributed by atoms with Gasteiger partial charge in [0.1, 0.15) is 0 Å². The summed E-state index contributed by atoms with van der Waals surface area (Å²) in [5.41, 5.74) is 3.71. The minimum absolute atomic E-state index is 0.0605. The van der Waals surface area contributed by atoms with Gasteiger partial charge < -0.3 is 4.90 Å². The molecule has 1 unspecified atom stereocenters. The molecular formula is C23H21N5OS. The van der Waals surface area contributed by atoms with Crippen LogP contribution in [0.2, 0.25) is 0 Å². The molecular weight excluding hydrogens is 394 g/mol. The fourth-order valence-electron chi connectivity index (χ4n) is 3.52. The van der Waals surface area contributed by atoms with Gasteiger partial charge in [0.05, 0.1) is 23.3 Å². The largest absolute Gasteiger partial charge is 0.310 e. The molecule has 0 fully saturated rings. The zero-order valence-electron chi connectivity index (χ0n) is 16.8. The minimum atomic E-state index is -0.392. The number of aryl methyl sites for hydroxylation is 1. The molecule has 2 aromatic heterocycles. The zero-order chi connectivity index (χ0) is 21.1. The van der Waals surface area contributed by atoms with E-state index in [1.165, 1.54) is 11.8 Å². The van der Waals surface area contributed by atoms with Crippen LogP contribution in [-0.2, 0) is 4.79 Å². The maximum Gasteiger partial charge on any atom is 0.240 e. The van der Waals surface area contributed by atoms with Gasteiger partial charge in [0, 0.05) is 17.6 Å². The molecule has 0 aliphatic rings. The summed E-state index contributed by atoms with van der Waals surface area (Å²) < 4.78 is 2.00. The first-order valence-corrected chi connectivity index (χ1v) is 10.6. The highest BCUT2D eigenvalue weighted by molar-refractivity contribution is 8.00. The van der Waals surface area contributed by atoms with E-state index in [0.717, 1.165) is 27.8 Å². The topological polar surface area (TPSA) is 74.3 Å². The second kappa shape index (κ2) is 8.56. The average Bonchev–Trinajstić information content (AvgIpc) is 3.17. The number of carbonyl (C=O) groups is 1. The van der Waals surface area contributed by atoms with Gasteiger partial charge in [-0.25, -0.2) is 0 Å². The number of rotatable bonds is 6. The molecule has 0 aliphatic carbocycles. The minimum Gasteiger partial charge on any atom is -0.310 e. The summed E-state index contributed by atoms with van der Waals surface area (Å²) in [6.07, 6.45) is 0.274. The summed E-state index contributed by atoms with van der Waals surface area (Å²) in [5, 5.41) is 19.1. The van der Waals surface area contributed by atoms with Crippen molar-refractivity contribution in [2.45, 2.75) is 30.7 Å². The van der Waals surface area contributed by atoms with E-state index in [0.29, 0.717) is 11.7 Å². The third-order valence-electron chi connectivity index (χ3n) is 4.98. The van der Waals surface area contributed by atoms with Crippen LogP contribution in [-0.4, -0.2) is 32.3 Å². The summed E-state index contributed by atoms with van der Waals surface area (Å²) in [6.45, 7) is 4.28. The summed E-state index contributed by atoms with van der Waals surface area (Å²) in [4.78, 5) is 14.9. The molecule has 7 heteroatoms. The van der Waals surface area contributed by atoms with Crippen LogP contribution in [0.5, 0.6) is 0 Å². The maximum absolute atomic E-state index is 13.3. The smallest absolute Gasteiger partial charge is 0.240 e. The standard InChI is InChI=1S/C23H21N5OS/c1-16-15-21-25-26-23(28(21)20-12-7-6-11-19(16)20)30-17(2)22(29)27(14-8-13-24)18-9-4-3-5-10-18/h3-7,9-12,15,17H,8,14H2,1-2H3. The Morgan fingerprint density at radius 2 is 1.90 bits per heavy atom. The van der Waals surface area contributed by atoms with E-state index < -0.39 is 5.25 Å². The highest BCUT2D eigenvalue weighted by atomic mass is 32.2. The Bertz CT molecular complexity index is 1250. The average molecular weight is 416 g/mol. The van der Waals surface area contributed by atoms with Crippen LogP contribution < -0.4 is 4.90 Å². The molecule has 1 atom stereocenters. The molecule has 1 amide bonds. The Balaban J connectivity index is 1.67. The lowest BCUT2D eigenvalue weighted by atomic mass is 10.1. The van der Waals surface area contributed by atoms with Crippen molar-refractivity contribution in [2.24, 2.45) is 0 Å². The molecule has 0 radical (unpaired) electrons. The van der Waals surface area contributed by atoms with Crippen molar-refractivity contribution in [1.29, 1.82) is 5.26 Å². The SMILES string of the molecule is Cc1cc2nnc(SC(C)C(=O)N(CCC#N)c3ccccc3)n2c2ccccc12. The molecule has 0 bridgehead atoms. The summed E-state index contributed by atoms with van der Waals surface area (Å²) >= 11 is 1.38. The van der Waals surface area contributed by atoms with Gasteiger partial charge in [-0.05, 0) is 43.7 Å². The predicted octanol–water partition coefficient (Wildman–Crippen LogP) is 4.62. The van der Waals surface area contributed by atoms with E-state index in [1.807, 2.05) is 65.9 Å². The van der Waals surface area contributed by atoms with Crippen LogP contribution in [0.1, 0.15) is 18.9 Å². The first-order chi connectivity index (χ1) is 14.6. The molecule has 0 N–H and O–H groups in total. The number of hydrogen-bond donors (Lipinski definition) is 0. The molecule has 4 rings (SSSR count). The first kappa shape index (κ1) is 19.9. The van der Waals surface area contributed by atoms with Crippen molar-refractivity contribution in [3.05, 3.63) is 66.2 Å². The van der Waals surface area contributed by atoms with Crippen LogP contribution in [0, 0.1) is 18.3 Å². The van der Waals surface area contributed by atoms with Gasteiger partial charge in [-0.15, -0.1) is 10.2 Å². The Hall–Kier alpha value is -3.37. The lowest BCUT2D eigenvalue weighted by Gasteiger charge is -2.24. The Kier molecular flexibility index (Phi) is 5.68. The van der Waals surface area contributed by atoms with Crippen molar-refractivity contribution >= 4 is 39.9 Å². The highest BCUT2D eigenvalue weighted by Crippen LogP contribution is 2.29. The summed E-state index contributed by atoms with van der Waals surface area (Å²) in [6, 6.07) is 21.7. The van der Waals surface area contributed by atoms with E-state index in [9.17, 15) is 4.79 Å². The molecule has 150 valence electrons. The number of para-hydroxylation sites is 2. The van der Waals surface area contributed by atoms with Gasteiger partial charge in [-0.1, -0.05) is 48.2 Å². The van der Waals surface area contributed by atoms with Crippen molar-refractivity contribution < 1.29 is 4.79 Å².